The van der Waals surface area contributed by atoms with E-state index in [1.165, 1.54) is 6.92 Å². The molecule has 134 valence electrons. The fourth-order valence-corrected chi connectivity index (χ4v) is 3.97. The number of aryl methyl sites for hydroxylation is 1. The van der Waals surface area contributed by atoms with Gasteiger partial charge >= 0.3 is 0 Å². The van der Waals surface area contributed by atoms with E-state index in [2.05, 4.69) is 38.8 Å². The van der Waals surface area contributed by atoms with Crippen LogP contribution in [-0.4, -0.2) is 15.9 Å². The lowest BCUT2D eigenvalue weighted by molar-refractivity contribution is -0.114. The molecule has 0 radical (unpaired) electrons. The lowest BCUT2D eigenvalue weighted by Gasteiger charge is -2.09. The molecule has 6 heteroatoms. The standard InChI is InChI=1S/C21H18N4OS/c1-13-22-20(25-17-10-6-9-16(11-17)24-14(2)26)18-12-19(27-21(18)23-13)15-7-4-3-5-8-15/h3-12H,1-2H3,(H,24,26)(H,22,23,25). The second-order valence-corrected chi connectivity index (χ2v) is 7.23. The van der Waals surface area contributed by atoms with Crippen molar-refractivity contribution in [2.24, 2.45) is 0 Å². The average molecular weight is 374 g/mol. The molecule has 0 atom stereocenters. The van der Waals surface area contributed by atoms with E-state index in [4.69, 9.17) is 0 Å². The molecule has 4 rings (SSSR count). The van der Waals surface area contributed by atoms with E-state index in [-0.39, 0.29) is 5.91 Å². The summed E-state index contributed by atoms with van der Waals surface area (Å²) >= 11 is 1.65. The fraction of sp³-hybridized carbons (Fsp3) is 0.0952. The summed E-state index contributed by atoms with van der Waals surface area (Å²) in [7, 11) is 0. The summed E-state index contributed by atoms with van der Waals surface area (Å²) in [5.74, 6) is 1.37. The maximum Gasteiger partial charge on any atom is 0.221 e. The van der Waals surface area contributed by atoms with Crippen LogP contribution in [0.25, 0.3) is 20.7 Å². The lowest BCUT2D eigenvalue weighted by Crippen LogP contribution is -2.06. The summed E-state index contributed by atoms with van der Waals surface area (Å²) < 4.78 is 0. The third kappa shape index (κ3) is 3.80. The van der Waals surface area contributed by atoms with Crippen molar-refractivity contribution in [1.82, 2.24) is 9.97 Å². The first-order valence-corrected chi connectivity index (χ1v) is 9.38. The number of thiophene rings is 1. The molecule has 0 spiro atoms. The van der Waals surface area contributed by atoms with Gasteiger partial charge in [0, 0.05) is 23.2 Å². The van der Waals surface area contributed by atoms with E-state index in [0.717, 1.165) is 37.8 Å². The minimum absolute atomic E-state index is 0.0993. The Balaban J connectivity index is 1.73. The summed E-state index contributed by atoms with van der Waals surface area (Å²) in [6.45, 7) is 3.38. The first-order valence-electron chi connectivity index (χ1n) is 8.57. The summed E-state index contributed by atoms with van der Waals surface area (Å²) in [5.41, 5.74) is 2.76. The molecule has 5 nitrogen and oxygen atoms in total. The van der Waals surface area contributed by atoms with Crippen molar-refractivity contribution in [3.8, 4) is 10.4 Å². The minimum Gasteiger partial charge on any atom is -0.340 e. The Hall–Kier alpha value is -3.25. The number of hydrogen-bond acceptors (Lipinski definition) is 5. The van der Waals surface area contributed by atoms with E-state index in [1.807, 2.05) is 49.4 Å². The summed E-state index contributed by atoms with van der Waals surface area (Å²) in [5, 5.41) is 7.15. The number of fused-ring (bicyclic) bond motifs is 1. The van der Waals surface area contributed by atoms with E-state index in [1.54, 1.807) is 11.3 Å². The Morgan fingerprint density at radius 1 is 0.963 bits per heavy atom. The van der Waals surface area contributed by atoms with Crippen molar-refractivity contribution in [3.05, 3.63) is 66.5 Å². The third-order valence-electron chi connectivity index (χ3n) is 4.01. The number of amides is 1. The van der Waals surface area contributed by atoms with Gasteiger partial charge < -0.3 is 10.6 Å². The Kier molecular flexibility index (Phi) is 4.56. The van der Waals surface area contributed by atoms with Crippen LogP contribution in [0.15, 0.2) is 60.7 Å². The number of nitrogens with one attached hydrogen (secondary N) is 2. The zero-order chi connectivity index (χ0) is 18.8. The average Bonchev–Trinajstić information content (AvgIpc) is 3.06. The molecule has 0 bridgehead atoms. The zero-order valence-corrected chi connectivity index (χ0v) is 15.8. The van der Waals surface area contributed by atoms with Crippen molar-refractivity contribution >= 4 is 44.7 Å². The third-order valence-corrected chi connectivity index (χ3v) is 5.09. The number of nitrogens with zero attached hydrogens (tertiary/aromatic N) is 2. The predicted molar refractivity (Wildman–Crippen MR) is 112 cm³/mol. The van der Waals surface area contributed by atoms with E-state index in [0.29, 0.717) is 5.82 Å². The van der Waals surface area contributed by atoms with Crippen LogP contribution in [0.2, 0.25) is 0 Å². The molecule has 0 fully saturated rings. The van der Waals surface area contributed by atoms with Gasteiger partial charge in [0.25, 0.3) is 0 Å². The van der Waals surface area contributed by atoms with Gasteiger partial charge in [0.15, 0.2) is 0 Å². The number of carbonyl (C=O) groups is 1. The lowest BCUT2D eigenvalue weighted by atomic mass is 10.2. The Labute approximate surface area is 161 Å². The number of aromatic nitrogens is 2. The maximum atomic E-state index is 11.3. The van der Waals surface area contributed by atoms with Crippen LogP contribution in [0, 0.1) is 6.92 Å². The molecule has 2 N–H and O–H groups in total. The molecular formula is C21H18N4OS. The van der Waals surface area contributed by atoms with Gasteiger partial charge in [0.05, 0.1) is 5.39 Å². The van der Waals surface area contributed by atoms with Gasteiger partial charge in [-0.2, -0.15) is 0 Å². The van der Waals surface area contributed by atoms with E-state index < -0.39 is 0 Å². The van der Waals surface area contributed by atoms with Crippen LogP contribution >= 0.6 is 11.3 Å². The number of rotatable bonds is 4. The van der Waals surface area contributed by atoms with Crippen molar-refractivity contribution in [3.63, 3.8) is 0 Å². The molecule has 0 aliphatic rings. The molecule has 0 unspecified atom stereocenters. The summed E-state index contributed by atoms with van der Waals surface area (Å²) in [6, 6.07) is 19.9. The SMILES string of the molecule is CC(=O)Nc1cccc(Nc2nc(C)nc3sc(-c4ccccc4)cc23)c1. The van der Waals surface area contributed by atoms with Crippen LogP contribution < -0.4 is 10.6 Å². The van der Waals surface area contributed by atoms with E-state index >= 15 is 0 Å². The highest BCUT2D eigenvalue weighted by atomic mass is 32.1. The highest BCUT2D eigenvalue weighted by Gasteiger charge is 2.12. The molecule has 1 amide bonds. The zero-order valence-electron chi connectivity index (χ0n) is 15.0. The van der Waals surface area contributed by atoms with Gasteiger partial charge in [0.2, 0.25) is 5.91 Å². The molecule has 27 heavy (non-hydrogen) atoms. The Morgan fingerprint density at radius 3 is 2.52 bits per heavy atom. The number of hydrogen-bond donors (Lipinski definition) is 2. The summed E-state index contributed by atoms with van der Waals surface area (Å²) in [6.07, 6.45) is 0. The summed E-state index contributed by atoms with van der Waals surface area (Å²) in [4.78, 5) is 22.6. The van der Waals surface area contributed by atoms with Crippen molar-refractivity contribution < 1.29 is 4.79 Å². The number of anilines is 3. The second-order valence-electron chi connectivity index (χ2n) is 6.20. The van der Waals surface area contributed by atoms with Crippen LogP contribution in [-0.2, 0) is 4.79 Å². The highest BCUT2D eigenvalue weighted by Crippen LogP contribution is 2.36. The molecule has 4 aromatic rings. The van der Waals surface area contributed by atoms with Gasteiger partial charge in [-0.15, -0.1) is 11.3 Å². The minimum atomic E-state index is -0.0993. The highest BCUT2D eigenvalue weighted by molar-refractivity contribution is 7.21. The van der Waals surface area contributed by atoms with Crippen LogP contribution in [0.5, 0.6) is 0 Å². The topological polar surface area (TPSA) is 66.9 Å². The number of benzene rings is 2. The van der Waals surface area contributed by atoms with Crippen LogP contribution in [0.3, 0.4) is 0 Å². The van der Waals surface area contributed by atoms with Gasteiger partial charge in [-0.3, -0.25) is 4.79 Å². The first kappa shape index (κ1) is 17.2. The van der Waals surface area contributed by atoms with Gasteiger partial charge in [-0.05, 0) is 36.8 Å². The molecule has 2 aromatic carbocycles. The second kappa shape index (κ2) is 7.17. The fourth-order valence-electron chi connectivity index (χ4n) is 2.88. The smallest absolute Gasteiger partial charge is 0.221 e. The van der Waals surface area contributed by atoms with Gasteiger partial charge in [-0.1, -0.05) is 36.4 Å². The van der Waals surface area contributed by atoms with Gasteiger partial charge in [-0.25, -0.2) is 9.97 Å². The molecule has 0 saturated carbocycles. The molecule has 0 aliphatic heterocycles. The van der Waals surface area contributed by atoms with Crippen molar-refractivity contribution in [1.29, 1.82) is 0 Å². The monoisotopic (exact) mass is 374 g/mol. The molecule has 0 saturated heterocycles. The van der Waals surface area contributed by atoms with E-state index in [9.17, 15) is 4.79 Å². The van der Waals surface area contributed by atoms with Crippen LogP contribution in [0.1, 0.15) is 12.7 Å². The van der Waals surface area contributed by atoms with Crippen molar-refractivity contribution in [2.75, 3.05) is 10.6 Å². The first-order chi connectivity index (χ1) is 13.1. The molecule has 2 heterocycles. The number of carbonyl (C=O) groups excluding carboxylic acids is 1. The molecule has 0 aliphatic carbocycles. The maximum absolute atomic E-state index is 11.3. The quantitative estimate of drug-likeness (QED) is 0.504. The molecule has 2 aromatic heterocycles. The predicted octanol–water partition coefficient (Wildman–Crippen LogP) is 5.37. The Bertz CT molecular complexity index is 1120. The van der Waals surface area contributed by atoms with Gasteiger partial charge in [0.1, 0.15) is 16.5 Å². The van der Waals surface area contributed by atoms with Crippen molar-refractivity contribution in [2.45, 2.75) is 13.8 Å². The molecular weight excluding hydrogens is 356 g/mol. The largest absolute Gasteiger partial charge is 0.340 e. The van der Waals surface area contributed by atoms with Crippen LogP contribution in [0.4, 0.5) is 17.2 Å². The Morgan fingerprint density at radius 2 is 1.74 bits per heavy atom. The normalized spacial score (nSPS) is 10.7.